The molecule has 0 saturated carbocycles. The predicted molar refractivity (Wildman–Crippen MR) is 91.6 cm³/mol. The zero-order valence-electron chi connectivity index (χ0n) is 14.8. The zero-order chi connectivity index (χ0) is 18.3. The summed E-state index contributed by atoms with van der Waals surface area (Å²) in [5.41, 5.74) is 0. The molecular formula is C17H27F3N4O. The average Bonchev–Trinajstić information content (AvgIpc) is 3.17. The molecule has 1 aromatic rings. The molecule has 2 rings (SSSR count). The van der Waals surface area contributed by atoms with Gasteiger partial charge < -0.3 is 15.1 Å². The Morgan fingerprint density at radius 2 is 2.28 bits per heavy atom. The number of furan rings is 1. The standard InChI is InChI=1S/C17H27F3N4O/c1-3-13(2)22-16(21-8-6-15-5-4-10-25-15)23-14-7-9-24(11-14)12-17(18,19)20/h4-5,10,13-14H,3,6-9,11-12H2,1-2H3,(H2,21,22,23). The van der Waals surface area contributed by atoms with E-state index in [9.17, 15) is 13.2 Å². The first-order chi connectivity index (χ1) is 11.9. The van der Waals surface area contributed by atoms with Gasteiger partial charge in [0.2, 0.25) is 0 Å². The van der Waals surface area contributed by atoms with E-state index < -0.39 is 12.7 Å². The Morgan fingerprint density at radius 1 is 1.48 bits per heavy atom. The predicted octanol–water partition coefficient (Wildman–Crippen LogP) is 2.79. The van der Waals surface area contributed by atoms with Crippen LogP contribution in [0.25, 0.3) is 0 Å². The van der Waals surface area contributed by atoms with Gasteiger partial charge in [-0.3, -0.25) is 9.89 Å². The highest BCUT2D eigenvalue weighted by molar-refractivity contribution is 5.80. The van der Waals surface area contributed by atoms with Crippen molar-refractivity contribution in [1.29, 1.82) is 0 Å². The number of nitrogens with one attached hydrogen (secondary N) is 2. The van der Waals surface area contributed by atoms with Gasteiger partial charge in [-0.15, -0.1) is 0 Å². The van der Waals surface area contributed by atoms with Gasteiger partial charge in [-0.1, -0.05) is 6.92 Å². The largest absolute Gasteiger partial charge is 0.469 e. The molecule has 0 aliphatic carbocycles. The normalized spacial score (nSPS) is 20.7. The van der Waals surface area contributed by atoms with E-state index in [1.165, 1.54) is 4.90 Å². The van der Waals surface area contributed by atoms with Crippen LogP contribution in [0.1, 0.15) is 32.4 Å². The molecule has 0 amide bonds. The minimum atomic E-state index is -4.15. The fourth-order valence-electron chi connectivity index (χ4n) is 2.74. The number of hydrogen-bond acceptors (Lipinski definition) is 3. The van der Waals surface area contributed by atoms with Crippen molar-refractivity contribution in [3.63, 3.8) is 0 Å². The van der Waals surface area contributed by atoms with Gasteiger partial charge in [-0.05, 0) is 31.9 Å². The second-order valence-corrected chi connectivity index (χ2v) is 6.49. The van der Waals surface area contributed by atoms with Crippen LogP contribution in [0.2, 0.25) is 0 Å². The third-order valence-electron chi connectivity index (χ3n) is 4.22. The van der Waals surface area contributed by atoms with Crippen molar-refractivity contribution in [3.05, 3.63) is 24.2 Å². The number of alkyl halides is 3. The highest BCUT2D eigenvalue weighted by Crippen LogP contribution is 2.19. The van der Waals surface area contributed by atoms with Gasteiger partial charge in [-0.2, -0.15) is 13.2 Å². The first-order valence-electron chi connectivity index (χ1n) is 8.74. The molecule has 0 radical (unpaired) electrons. The van der Waals surface area contributed by atoms with Gasteiger partial charge in [0.05, 0.1) is 12.8 Å². The van der Waals surface area contributed by atoms with E-state index in [-0.39, 0.29) is 12.1 Å². The van der Waals surface area contributed by atoms with Crippen molar-refractivity contribution in [1.82, 2.24) is 15.5 Å². The lowest BCUT2D eigenvalue weighted by Gasteiger charge is -2.22. The maximum absolute atomic E-state index is 12.5. The summed E-state index contributed by atoms with van der Waals surface area (Å²) in [5.74, 6) is 1.52. The van der Waals surface area contributed by atoms with E-state index in [0.29, 0.717) is 38.4 Å². The molecule has 1 saturated heterocycles. The fraction of sp³-hybridized carbons (Fsp3) is 0.706. The highest BCUT2D eigenvalue weighted by atomic mass is 19.4. The maximum atomic E-state index is 12.5. The summed E-state index contributed by atoms with van der Waals surface area (Å²) >= 11 is 0. The van der Waals surface area contributed by atoms with E-state index in [1.807, 2.05) is 19.1 Å². The molecular weight excluding hydrogens is 333 g/mol. The molecule has 0 aromatic carbocycles. The number of rotatable bonds is 7. The number of halogens is 3. The molecule has 142 valence electrons. The number of aliphatic imine (C=N–C) groups is 1. The number of nitrogens with zero attached hydrogens (tertiary/aromatic N) is 2. The molecule has 1 aliphatic heterocycles. The molecule has 2 atom stereocenters. The molecule has 1 fully saturated rings. The van der Waals surface area contributed by atoms with Crippen LogP contribution in [-0.4, -0.2) is 55.3 Å². The lowest BCUT2D eigenvalue weighted by atomic mass is 10.2. The second kappa shape index (κ2) is 9.12. The summed E-state index contributed by atoms with van der Waals surface area (Å²) in [7, 11) is 0. The van der Waals surface area contributed by atoms with E-state index in [4.69, 9.17) is 4.42 Å². The van der Waals surface area contributed by atoms with Crippen molar-refractivity contribution in [2.45, 2.75) is 51.4 Å². The summed E-state index contributed by atoms with van der Waals surface area (Å²) in [6.07, 6.45) is -0.225. The van der Waals surface area contributed by atoms with Gasteiger partial charge in [-0.25, -0.2) is 0 Å². The Labute approximate surface area is 146 Å². The van der Waals surface area contributed by atoms with Crippen molar-refractivity contribution in [2.75, 3.05) is 26.2 Å². The van der Waals surface area contributed by atoms with Crippen LogP contribution in [0.5, 0.6) is 0 Å². The van der Waals surface area contributed by atoms with E-state index in [2.05, 4.69) is 22.5 Å². The van der Waals surface area contributed by atoms with E-state index in [1.54, 1.807) is 6.26 Å². The summed E-state index contributed by atoms with van der Waals surface area (Å²) in [6, 6.07) is 3.95. The second-order valence-electron chi connectivity index (χ2n) is 6.49. The monoisotopic (exact) mass is 360 g/mol. The SMILES string of the molecule is CCC(C)NC(=NCCc1ccco1)NC1CCN(CC(F)(F)F)C1. The molecule has 2 unspecified atom stereocenters. The van der Waals surface area contributed by atoms with Crippen molar-refractivity contribution in [2.24, 2.45) is 4.99 Å². The number of hydrogen-bond donors (Lipinski definition) is 2. The maximum Gasteiger partial charge on any atom is 0.401 e. The van der Waals surface area contributed by atoms with Crippen LogP contribution >= 0.6 is 0 Å². The third kappa shape index (κ3) is 7.37. The first kappa shape index (κ1) is 19.6. The smallest absolute Gasteiger partial charge is 0.401 e. The molecule has 25 heavy (non-hydrogen) atoms. The quantitative estimate of drug-likeness (QED) is 0.580. The summed E-state index contributed by atoms with van der Waals surface area (Å²) < 4.78 is 42.8. The molecule has 2 heterocycles. The Hall–Kier alpha value is -1.70. The third-order valence-corrected chi connectivity index (χ3v) is 4.22. The van der Waals surface area contributed by atoms with Gasteiger partial charge in [0.25, 0.3) is 0 Å². The van der Waals surface area contributed by atoms with E-state index in [0.717, 1.165) is 12.2 Å². The van der Waals surface area contributed by atoms with Crippen LogP contribution in [0.3, 0.4) is 0 Å². The Morgan fingerprint density at radius 3 is 2.92 bits per heavy atom. The number of likely N-dealkylation sites (tertiary alicyclic amines) is 1. The van der Waals surface area contributed by atoms with E-state index >= 15 is 0 Å². The minimum Gasteiger partial charge on any atom is -0.469 e. The molecule has 2 N–H and O–H groups in total. The topological polar surface area (TPSA) is 52.8 Å². The van der Waals surface area contributed by atoms with Crippen LogP contribution in [0, 0.1) is 0 Å². The molecule has 0 spiro atoms. The van der Waals surface area contributed by atoms with Crippen LogP contribution in [-0.2, 0) is 6.42 Å². The van der Waals surface area contributed by atoms with Crippen LogP contribution < -0.4 is 10.6 Å². The lowest BCUT2D eigenvalue weighted by Crippen LogP contribution is -2.48. The van der Waals surface area contributed by atoms with Gasteiger partial charge >= 0.3 is 6.18 Å². The minimum absolute atomic E-state index is 0.0266. The van der Waals surface area contributed by atoms with Crippen molar-refractivity contribution < 1.29 is 17.6 Å². The lowest BCUT2D eigenvalue weighted by molar-refractivity contribution is -0.143. The van der Waals surface area contributed by atoms with Gasteiger partial charge in [0.1, 0.15) is 5.76 Å². The summed E-state index contributed by atoms with van der Waals surface area (Å²) in [6.45, 7) is 4.64. The highest BCUT2D eigenvalue weighted by Gasteiger charge is 2.34. The molecule has 8 heteroatoms. The molecule has 1 aliphatic rings. The van der Waals surface area contributed by atoms with Crippen molar-refractivity contribution in [3.8, 4) is 0 Å². The summed E-state index contributed by atoms with van der Waals surface area (Å²) in [4.78, 5) is 5.98. The number of guanidine groups is 1. The average molecular weight is 360 g/mol. The van der Waals surface area contributed by atoms with Gasteiger partial charge in [0.15, 0.2) is 5.96 Å². The Bertz CT molecular complexity index is 530. The first-order valence-corrected chi connectivity index (χ1v) is 8.74. The van der Waals surface area contributed by atoms with Crippen molar-refractivity contribution >= 4 is 5.96 Å². The molecule has 0 bridgehead atoms. The Balaban J connectivity index is 1.87. The Kier molecular flexibility index (Phi) is 7.16. The van der Waals surface area contributed by atoms with Gasteiger partial charge in [0, 0.05) is 38.1 Å². The van der Waals surface area contributed by atoms with Crippen LogP contribution in [0.15, 0.2) is 27.8 Å². The summed E-state index contributed by atoms with van der Waals surface area (Å²) in [5, 5.41) is 6.58. The zero-order valence-corrected chi connectivity index (χ0v) is 14.8. The molecule has 5 nitrogen and oxygen atoms in total. The fourth-order valence-corrected chi connectivity index (χ4v) is 2.74. The van der Waals surface area contributed by atoms with Crippen LogP contribution in [0.4, 0.5) is 13.2 Å². The molecule has 1 aromatic heterocycles.